The molecule has 10 heteroatoms. The highest BCUT2D eigenvalue weighted by Gasteiger charge is 2.16. The minimum absolute atomic E-state index is 0.0293. The van der Waals surface area contributed by atoms with Crippen LogP contribution in [0.2, 0.25) is 0 Å². The number of anilines is 2. The predicted molar refractivity (Wildman–Crippen MR) is 158 cm³/mol. The molecule has 0 atom stereocenters. The highest BCUT2D eigenvalue weighted by atomic mass is 16.5. The molecular formula is C31H28N6O4. The Labute approximate surface area is 235 Å². The molecule has 206 valence electrons. The molecule has 1 amide bonds. The number of fused-ring (bicyclic) bond motifs is 1. The Kier molecular flexibility index (Phi) is 7.05. The maximum absolute atomic E-state index is 13.4. The van der Waals surface area contributed by atoms with Gasteiger partial charge in [-0.2, -0.15) is 5.10 Å². The van der Waals surface area contributed by atoms with E-state index in [1.807, 2.05) is 24.3 Å². The quantitative estimate of drug-likeness (QED) is 0.200. The van der Waals surface area contributed by atoms with Crippen LogP contribution in [0.15, 0.2) is 84.1 Å². The first kappa shape index (κ1) is 26.0. The first-order valence-electron chi connectivity index (χ1n) is 13.2. The normalized spacial score (nSPS) is 13.6. The zero-order valence-corrected chi connectivity index (χ0v) is 22.4. The number of benzene rings is 3. The van der Waals surface area contributed by atoms with Gasteiger partial charge in [-0.1, -0.05) is 12.1 Å². The van der Waals surface area contributed by atoms with Crippen molar-refractivity contribution in [1.82, 2.24) is 14.8 Å². The number of aliphatic imine (C=N–C) groups is 1. The summed E-state index contributed by atoms with van der Waals surface area (Å²) in [5.41, 5.74) is 4.81. The number of ketones is 1. The molecule has 1 aliphatic heterocycles. The number of aromatic hydroxyl groups is 1. The minimum atomic E-state index is -0.313. The summed E-state index contributed by atoms with van der Waals surface area (Å²) in [6, 6.07) is 19.9. The molecule has 41 heavy (non-hydrogen) atoms. The molecule has 0 bridgehead atoms. The second-order valence-corrected chi connectivity index (χ2v) is 9.79. The molecule has 10 nitrogen and oxygen atoms in total. The summed E-state index contributed by atoms with van der Waals surface area (Å²) in [4.78, 5) is 35.7. The number of H-pyrrole nitrogens is 1. The highest BCUT2D eigenvalue weighted by Crippen LogP contribution is 2.29. The number of aromatic nitrogens is 3. The Morgan fingerprint density at radius 2 is 1.80 bits per heavy atom. The summed E-state index contributed by atoms with van der Waals surface area (Å²) >= 11 is 0. The number of hydrogen-bond acceptors (Lipinski definition) is 7. The van der Waals surface area contributed by atoms with Gasteiger partial charge in [-0.15, -0.1) is 0 Å². The SMILES string of the molecule is Cn1cc(C(=O)Nc2cccc(C(=O)c3ccc4[nH]c(O)c(C=Nc5ccc(N6CCOCC6)cc5)c4c3)c2)cn1. The third kappa shape index (κ3) is 5.59. The van der Waals surface area contributed by atoms with E-state index in [2.05, 4.69) is 25.3 Å². The fourth-order valence-corrected chi connectivity index (χ4v) is 4.83. The lowest BCUT2D eigenvalue weighted by molar-refractivity contribution is 0.102. The van der Waals surface area contributed by atoms with Crippen LogP contribution in [0.3, 0.4) is 0 Å². The summed E-state index contributed by atoms with van der Waals surface area (Å²) in [6.07, 6.45) is 4.70. The van der Waals surface area contributed by atoms with Crippen molar-refractivity contribution in [3.8, 4) is 5.88 Å². The maximum Gasteiger partial charge on any atom is 0.258 e. The van der Waals surface area contributed by atoms with Crippen LogP contribution < -0.4 is 10.2 Å². The molecule has 1 saturated heterocycles. The molecular weight excluding hydrogens is 520 g/mol. The van der Waals surface area contributed by atoms with Crippen molar-refractivity contribution >= 4 is 45.9 Å². The van der Waals surface area contributed by atoms with Crippen molar-refractivity contribution < 1.29 is 19.4 Å². The fourth-order valence-electron chi connectivity index (χ4n) is 4.83. The van der Waals surface area contributed by atoms with Crippen molar-refractivity contribution in [2.24, 2.45) is 12.0 Å². The van der Waals surface area contributed by atoms with Crippen molar-refractivity contribution in [3.05, 3.63) is 101 Å². The lowest BCUT2D eigenvalue weighted by Gasteiger charge is -2.28. The van der Waals surface area contributed by atoms with Crippen LogP contribution in [-0.4, -0.2) is 64.1 Å². The molecule has 0 spiro atoms. The average Bonchev–Trinajstić information content (AvgIpc) is 3.58. The Morgan fingerprint density at radius 1 is 1.02 bits per heavy atom. The van der Waals surface area contributed by atoms with Crippen molar-refractivity contribution in [3.63, 3.8) is 0 Å². The van der Waals surface area contributed by atoms with Gasteiger partial charge in [0, 0.05) is 66.0 Å². The molecule has 0 saturated carbocycles. The minimum Gasteiger partial charge on any atom is -0.494 e. The Hall–Kier alpha value is -5.22. The number of nitrogens with one attached hydrogen (secondary N) is 2. The monoisotopic (exact) mass is 548 g/mol. The van der Waals surface area contributed by atoms with Gasteiger partial charge in [-0.25, -0.2) is 0 Å². The van der Waals surface area contributed by atoms with Gasteiger partial charge >= 0.3 is 0 Å². The molecule has 1 aliphatic rings. The van der Waals surface area contributed by atoms with E-state index in [1.54, 1.807) is 66.6 Å². The van der Waals surface area contributed by atoms with Gasteiger partial charge in [0.05, 0.1) is 36.2 Å². The molecule has 0 radical (unpaired) electrons. The molecule has 1 fully saturated rings. The number of hydrogen-bond donors (Lipinski definition) is 3. The molecule has 6 rings (SSSR count). The van der Waals surface area contributed by atoms with Crippen LogP contribution in [0.1, 0.15) is 31.8 Å². The number of morpholine rings is 1. The van der Waals surface area contributed by atoms with Gasteiger partial charge in [-0.05, 0) is 54.6 Å². The summed E-state index contributed by atoms with van der Waals surface area (Å²) < 4.78 is 6.97. The van der Waals surface area contributed by atoms with E-state index >= 15 is 0 Å². The predicted octanol–water partition coefficient (Wildman–Crippen LogP) is 4.68. The number of aromatic amines is 1. The van der Waals surface area contributed by atoms with E-state index in [9.17, 15) is 14.7 Å². The van der Waals surface area contributed by atoms with Gasteiger partial charge in [0.25, 0.3) is 5.91 Å². The number of rotatable bonds is 7. The smallest absolute Gasteiger partial charge is 0.258 e. The Balaban J connectivity index is 1.22. The van der Waals surface area contributed by atoms with Crippen molar-refractivity contribution in [2.75, 3.05) is 36.5 Å². The van der Waals surface area contributed by atoms with E-state index in [4.69, 9.17) is 4.74 Å². The first-order valence-corrected chi connectivity index (χ1v) is 13.2. The molecule has 3 N–H and O–H groups in total. The number of carbonyl (C=O) groups excluding carboxylic acids is 2. The van der Waals surface area contributed by atoms with E-state index in [0.717, 1.165) is 37.7 Å². The van der Waals surface area contributed by atoms with E-state index in [1.165, 1.54) is 6.20 Å². The number of aryl methyl sites for hydroxylation is 1. The van der Waals surface area contributed by atoms with Crippen LogP contribution in [0.4, 0.5) is 17.1 Å². The summed E-state index contributed by atoms with van der Waals surface area (Å²) in [6.45, 7) is 3.16. The van der Waals surface area contributed by atoms with Crippen molar-refractivity contribution in [1.29, 1.82) is 0 Å². The standard InChI is InChI=1S/C31H28N6O4/c1-36-19-22(17-33-36)30(39)34-24-4-2-3-20(15-24)29(38)21-5-10-28-26(16-21)27(31(40)35-28)18-32-23-6-8-25(9-7-23)37-11-13-41-14-12-37/h2-10,15-19,35,40H,11-14H2,1H3,(H,34,39). The van der Waals surface area contributed by atoms with Gasteiger partial charge in [0.2, 0.25) is 0 Å². The Bertz CT molecular complexity index is 1760. The Morgan fingerprint density at radius 3 is 2.56 bits per heavy atom. The lowest BCUT2D eigenvalue weighted by atomic mass is 10.0. The molecule has 3 aromatic carbocycles. The molecule has 2 aromatic heterocycles. The second kappa shape index (κ2) is 11.1. The summed E-state index contributed by atoms with van der Waals surface area (Å²) in [5.74, 6) is -0.559. The third-order valence-corrected chi connectivity index (χ3v) is 7.00. The number of carbonyl (C=O) groups is 2. The average molecular weight is 549 g/mol. The van der Waals surface area contributed by atoms with Crippen LogP contribution in [0.5, 0.6) is 5.88 Å². The molecule has 5 aromatic rings. The largest absolute Gasteiger partial charge is 0.494 e. The summed E-state index contributed by atoms with van der Waals surface area (Å²) in [5, 5.41) is 18.1. The topological polar surface area (TPSA) is 125 Å². The zero-order valence-electron chi connectivity index (χ0n) is 22.4. The maximum atomic E-state index is 13.4. The number of nitrogens with zero attached hydrogens (tertiary/aromatic N) is 4. The number of ether oxygens (including phenoxy) is 1. The van der Waals surface area contributed by atoms with Gasteiger partial charge in [0.1, 0.15) is 0 Å². The number of amides is 1. The van der Waals surface area contributed by atoms with E-state index in [0.29, 0.717) is 38.8 Å². The van der Waals surface area contributed by atoms with Crippen LogP contribution >= 0.6 is 0 Å². The van der Waals surface area contributed by atoms with Crippen LogP contribution in [0.25, 0.3) is 10.9 Å². The second-order valence-electron chi connectivity index (χ2n) is 9.79. The lowest BCUT2D eigenvalue weighted by Crippen LogP contribution is -2.36. The van der Waals surface area contributed by atoms with Crippen molar-refractivity contribution in [2.45, 2.75) is 0 Å². The molecule has 0 aliphatic carbocycles. The summed E-state index contributed by atoms with van der Waals surface area (Å²) in [7, 11) is 1.73. The van der Waals surface area contributed by atoms with Gasteiger partial charge < -0.3 is 25.0 Å². The third-order valence-electron chi connectivity index (χ3n) is 7.00. The molecule has 0 unspecified atom stereocenters. The van der Waals surface area contributed by atoms with Gasteiger partial charge in [0.15, 0.2) is 11.7 Å². The van der Waals surface area contributed by atoms with E-state index < -0.39 is 0 Å². The zero-order chi connectivity index (χ0) is 28.3. The fraction of sp³-hybridized carbons (Fsp3) is 0.161. The first-order chi connectivity index (χ1) is 19.9. The van der Waals surface area contributed by atoms with Crippen LogP contribution in [0, 0.1) is 0 Å². The van der Waals surface area contributed by atoms with Gasteiger partial charge in [-0.3, -0.25) is 19.3 Å². The highest BCUT2D eigenvalue weighted by molar-refractivity contribution is 6.13. The van der Waals surface area contributed by atoms with Crippen LogP contribution in [-0.2, 0) is 11.8 Å². The molecule has 3 heterocycles. The van der Waals surface area contributed by atoms with E-state index in [-0.39, 0.29) is 17.6 Å².